The van der Waals surface area contributed by atoms with E-state index in [0.29, 0.717) is 10.7 Å². The number of nitrogens with zero attached hydrogens (tertiary/aromatic N) is 1. The second kappa shape index (κ2) is 4.82. The molecule has 0 unspecified atom stereocenters. The minimum absolute atomic E-state index is 0.0668. The van der Waals surface area contributed by atoms with Gasteiger partial charge < -0.3 is 14.4 Å². The second-order valence-electron chi connectivity index (χ2n) is 5.55. The van der Waals surface area contributed by atoms with Crippen molar-refractivity contribution in [2.45, 2.75) is 38.9 Å². The maximum Gasteiger partial charge on any atom is 0.487 e. The Balaban J connectivity index is 2.15. The van der Waals surface area contributed by atoms with Gasteiger partial charge >= 0.3 is 7.12 Å². The van der Waals surface area contributed by atoms with Gasteiger partial charge in [0.1, 0.15) is 10.9 Å². The van der Waals surface area contributed by atoms with Crippen molar-refractivity contribution in [3.63, 3.8) is 0 Å². The van der Waals surface area contributed by atoms with Gasteiger partial charge in [-0.15, -0.1) is 0 Å². The van der Waals surface area contributed by atoms with Crippen molar-refractivity contribution >= 4 is 24.8 Å². The predicted octanol–water partition coefficient (Wildman–Crippen LogP) is 3.09. The van der Waals surface area contributed by atoms with Crippen molar-refractivity contribution in [1.29, 1.82) is 0 Å². The van der Waals surface area contributed by atoms with Gasteiger partial charge in [-0.05, 0) is 33.8 Å². The first kappa shape index (κ1) is 14.4. The van der Waals surface area contributed by atoms with Gasteiger partial charge in [-0.1, -0.05) is 23.7 Å². The summed E-state index contributed by atoms with van der Waals surface area (Å²) < 4.78 is 11.6. The second-order valence-corrected chi connectivity index (χ2v) is 5.94. The molecule has 1 aromatic heterocycles. The number of rotatable bonds is 2. The third-order valence-electron chi connectivity index (χ3n) is 3.58. The Kier molecular flexibility index (Phi) is 3.64. The number of hydrogen-bond donors (Lipinski definition) is 1. The number of aromatic hydroxyl groups is 1. The molecular weight excluding hydrogens is 264 g/mol. The Morgan fingerprint density at radius 2 is 1.84 bits per heavy atom. The average molecular weight is 282 g/mol. The molecular formula is C13H17BClNO3. The molecule has 102 valence electrons. The molecule has 1 aliphatic rings. The molecule has 1 saturated heterocycles. The van der Waals surface area contributed by atoms with E-state index in [1.165, 1.54) is 6.20 Å². The summed E-state index contributed by atoms with van der Waals surface area (Å²) in [5, 5.41) is 9.99. The molecule has 1 aromatic rings. The zero-order chi connectivity index (χ0) is 14.3. The number of hydrogen-bond acceptors (Lipinski definition) is 4. The van der Waals surface area contributed by atoms with Gasteiger partial charge in [0, 0.05) is 5.56 Å². The van der Waals surface area contributed by atoms with Gasteiger partial charge in [0.25, 0.3) is 0 Å². The summed E-state index contributed by atoms with van der Waals surface area (Å²) in [6, 6.07) is 1.58. The van der Waals surface area contributed by atoms with Crippen molar-refractivity contribution in [3.8, 4) is 5.75 Å². The lowest BCUT2D eigenvalue weighted by molar-refractivity contribution is 0.00578. The molecule has 19 heavy (non-hydrogen) atoms. The summed E-state index contributed by atoms with van der Waals surface area (Å²) in [6.07, 6.45) is 3.03. The van der Waals surface area contributed by atoms with Crippen LogP contribution in [0.3, 0.4) is 0 Å². The SMILES string of the molecule is CC1(C)OB(/C=C/c2cc(Cl)ncc2O)OC1(C)C. The molecule has 0 aliphatic carbocycles. The first-order chi connectivity index (χ1) is 8.71. The van der Waals surface area contributed by atoms with E-state index in [1.807, 2.05) is 27.7 Å². The smallest absolute Gasteiger partial charge is 0.487 e. The molecule has 1 aliphatic heterocycles. The third kappa shape index (κ3) is 2.94. The Morgan fingerprint density at radius 1 is 1.26 bits per heavy atom. The third-order valence-corrected chi connectivity index (χ3v) is 3.79. The standard InChI is InChI=1S/C13H17BClNO3/c1-12(2)13(3,4)19-14(18-12)6-5-9-7-11(15)16-8-10(9)17/h5-8,17H,1-4H3/b6-5+. The minimum atomic E-state index is -0.448. The van der Waals surface area contributed by atoms with E-state index in [9.17, 15) is 5.11 Å². The van der Waals surface area contributed by atoms with E-state index in [2.05, 4.69) is 4.98 Å². The highest BCUT2D eigenvalue weighted by Gasteiger charge is 2.49. The van der Waals surface area contributed by atoms with Crippen molar-refractivity contribution in [3.05, 3.63) is 29.0 Å². The van der Waals surface area contributed by atoms with Crippen LogP contribution in [0.15, 0.2) is 18.2 Å². The molecule has 4 nitrogen and oxygen atoms in total. The van der Waals surface area contributed by atoms with E-state index < -0.39 is 7.12 Å². The fourth-order valence-electron chi connectivity index (χ4n) is 1.72. The van der Waals surface area contributed by atoms with Gasteiger partial charge in [-0.25, -0.2) is 4.98 Å². The zero-order valence-electron chi connectivity index (χ0n) is 11.5. The summed E-state index contributed by atoms with van der Waals surface area (Å²) in [5.74, 6) is 1.82. The van der Waals surface area contributed by atoms with Gasteiger partial charge in [0.2, 0.25) is 0 Å². The number of pyridine rings is 1. The largest absolute Gasteiger partial charge is 0.506 e. The van der Waals surface area contributed by atoms with Crippen LogP contribution in [0.2, 0.25) is 5.15 Å². The van der Waals surface area contributed by atoms with Crippen LogP contribution in [-0.4, -0.2) is 28.4 Å². The Bertz CT molecular complexity index is 501. The lowest BCUT2D eigenvalue weighted by Crippen LogP contribution is -2.41. The molecule has 1 N–H and O–H groups in total. The van der Waals surface area contributed by atoms with Crippen LogP contribution < -0.4 is 0 Å². The van der Waals surface area contributed by atoms with Crippen molar-refractivity contribution < 1.29 is 14.4 Å². The van der Waals surface area contributed by atoms with E-state index in [4.69, 9.17) is 20.9 Å². The van der Waals surface area contributed by atoms with Crippen LogP contribution in [0.1, 0.15) is 33.3 Å². The molecule has 6 heteroatoms. The summed E-state index contributed by atoms with van der Waals surface area (Å²) in [4.78, 5) is 3.78. The van der Waals surface area contributed by atoms with Crippen LogP contribution in [0.4, 0.5) is 0 Å². The molecule has 2 rings (SSSR count). The molecule has 1 fully saturated rings. The zero-order valence-corrected chi connectivity index (χ0v) is 12.2. The summed E-state index contributed by atoms with van der Waals surface area (Å²) in [5.41, 5.74) is -0.172. The van der Waals surface area contributed by atoms with Crippen molar-refractivity contribution in [1.82, 2.24) is 4.98 Å². The topological polar surface area (TPSA) is 51.6 Å². The summed E-state index contributed by atoms with van der Waals surface area (Å²) in [6.45, 7) is 7.95. The van der Waals surface area contributed by atoms with Crippen LogP contribution in [0.5, 0.6) is 5.75 Å². The fraction of sp³-hybridized carbons (Fsp3) is 0.462. The van der Waals surface area contributed by atoms with Crippen molar-refractivity contribution in [2.75, 3.05) is 0 Å². The van der Waals surface area contributed by atoms with Gasteiger partial charge in [-0.2, -0.15) is 0 Å². The van der Waals surface area contributed by atoms with Gasteiger partial charge in [0.05, 0.1) is 17.4 Å². The molecule has 0 spiro atoms. The molecule has 0 saturated carbocycles. The van der Waals surface area contributed by atoms with Crippen LogP contribution in [-0.2, 0) is 9.31 Å². The van der Waals surface area contributed by atoms with E-state index in [-0.39, 0.29) is 17.0 Å². The van der Waals surface area contributed by atoms with Gasteiger partial charge in [-0.3, -0.25) is 0 Å². The first-order valence-corrected chi connectivity index (χ1v) is 6.47. The Hall–Kier alpha value is -1.04. The Labute approximate surface area is 118 Å². The minimum Gasteiger partial charge on any atom is -0.506 e. The number of halogens is 1. The van der Waals surface area contributed by atoms with Crippen LogP contribution in [0, 0.1) is 0 Å². The fourth-order valence-corrected chi connectivity index (χ4v) is 1.89. The quantitative estimate of drug-likeness (QED) is 0.668. The highest BCUT2D eigenvalue weighted by Crippen LogP contribution is 2.37. The maximum absolute atomic E-state index is 9.66. The monoisotopic (exact) mass is 281 g/mol. The van der Waals surface area contributed by atoms with Gasteiger partial charge in [0.15, 0.2) is 0 Å². The molecule has 0 bridgehead atoms. The summed E-state index contributed by atoms with van der Waals surface area (Å²) in [7, 11) is -0.448. The first-order valence-electron chi connectivity index (χ1n) is 6.10. The van der Waals surface area contributed by atoms with E-state index in [1.54, 1.807) is 18.1 Å². The van der Waals surface area contributed by atoms with E-state index >= 15 is 0 Å². The highest BCUT2D eigenvalue weighted by molar-refractivity contribution is 6.52. The predicted molar refractivity (Wildman–Crippen MR) is 76.0 cm³/mol. The normalized spacial score (nSPS) is 21.2. The average Bonchev–Trinajstić information content (AvgIpc) is 2.49. The molecule has 0 amide bonds. The van der Waals surface area contributed by atoms with Crippen LogP contribution >= 0.6 is 11.6 Å². The lowest BCUT2D eigenvalue weighted by Gasteiger charge is -2.32. The van der Waals surface area contributed by atoms with Crippen molar-refractivity contribution in [2.24, 2.45) is 0 Å². The Morgan fingerprint density at radius 3 is 2.42 bits per heavy atom. The molecule has 2 heterocycles. The molecule has 0 atom stereocenters. The van der Waals surface area contributed by atoms with Crippen LogP contribution in [0.25, 0.3) is 6.08 Å². The van der Waals surface area contributed by atoms with E-state index in [0.717, 1.165) is 0 Å². The molecule has 0 radical (unpaired) electrons. The number of aromatic nitrogens is 1. The summed E-state index contributed by atoms with van der Waals surface area (Å²) >= 11 is 5.78. The highest BCUT2D eigenvalue weighted by atomic mass is 35.5. The lowest BCUT2D eigenvalue weighted by atomic mass is 9.89. The maximum atomic E-state index is 9.66. The molecule has 0 aromatic carbocycles.